The van der Waals surface area contributed by atoms with Crippen molar-refractivity contribution in [3.05, 3.63) is 49.9 Å². The van der Waals surface area contributed by atoms with Gasteiger partial charge < -0.3 is 5.11 Å². The molecule has 2 aliphatic rings. The van der Waals surface area contributed by atoms with Crippen LogP contribution in [0.25, 0.3) is 4.96 Å². The molecule has 0 spiro atoms. The molecule has 0 aromatic carbocycles. The van der Waals surface area contributed by atoms with E-state index in [1.807, 2.05) is 6.92 Å². The van der Waals surface area contributed by atoms with Gasteiger partial charge in [0.2, 0.25) is 0 Å². The van der Waals surface area contributed by atoms with E-state index in [0.29, 0.717) is 22.0 Å². The van der Waals surface area contributed by atoms with Crippen LogP contribution in [0.2, 0.25) is 0 Å². The van der Waals surface area contributed by atoms with Crippen molar-refractivity contribution in [2.24, 2.45) is 5.92 Å². The van der Waals surface area contributed by atoms with E-state index in [2.05, 4.69) is 10.1 Å². The van der Waals surface area contributed by atoms with Crippen molar-refractivity contribution < 1.29 is 9.50 Å². The minimum Gasteiger partial charge on any atom is -0.396 e. The Kier molecular flexibility index (Phi) is 3.77. The molecule has 2 aliphatic carbocycles. The third kappa shape index (κ3) is 2.73. The smallest absolute Gasteiger partial charge is 0.259 e. The van der Waals surface area contributed by atoms with Crippen LogP contribution in [0.5, 0.6) is 0 Å². The molecule has 5 rings (SSSR count). The van der Waals surface area contributed by atoms with Gasteiger partial charge in [0.25, 0.3) is 5.56 Å². The fraction of sp³-hybridized carbons (Fsp3) is 0.526. The summed E-state index contributed by atoms with van der Waals surface area (Å²) in [6.07, 6.45) is 2.89. The predicted octanol–water partition coefficient (Wildman–Crippen LogP) is 2.73. The van der Waals surface area contributed by atoms with Crippen LogP contribution in [0, 0.1) is 25.6 Å². The van der Waals surface area contributed by atoms with Gasteiger partial charge in [-0.25, -0.2) is 9.37 Å². The highest BCUT2D eigenvalue weighted by Crippen LogP contribution is 2.49. The van der Waals surface area contributed by atoms with Crippen molar-refractivity contribution in [3.63, 3.8) is 0 Å². The lowest BCUT2D eigenvalue weighted by Gasteiger charge is -2.05. The topological polar surface area (TPSA) is 72.4 Å². The van der Waals surface area contributed by atoms with Gasteiger partial charge in [-0.15, -0.1) is 11.3 Å². The summed E-state index contributed by atoms with van der Waals surface area (Å²) in [5.41, 5.74) is 2.49. The average Bonchev–Trinajstić information content (AvgIpc) is 3.54. The van der Waals surface area contributed by atoms with Crippen LogP contribution < -0.4 is 5.56 Å². The fourth-order valence-corrected chi connectivity index (χ4v) is 4.97. The Labute approximate surface area is 159 Å². The van der Waals surface area contributed by atoms with Crippen LogP contribution >= 0.6 is 11.3 Å². The number of hydrogen-bond donors (Lipinski definition) is 1. The van der Waals surface area contributed by atoms with Gasteiger partial charge in [0.05, 0.1) is 17.9 Å². The minimum absolute atomic E-state index is 0.120. The normalized spacial score (nSPS) is 21.9. The first kappa shape index (κ1) is 17.1. The molecule has 0 aliphatic heterocycles. The Morgan fingerprint density at radius 3 is 2.81 bits per heavy atom. The number of fused-ring (bicyclic) bond motifs is 1. The Bertz CT molecular complexity index is 1110. The van der Waals surface area contributed by atoms with E-state index in [-0.39, 0.29) is 42.3 Å². The predicted molar refractivity (Wildman–Crippen MR) is 100 cm³/mol. The van der Waals surface area contributed by atoms with Gasteiger partial charge in [0.1, 0.15) is 5.69 Å². The summed E-state index contributed by atoms with van der Waals surface area (Å²) in [6.45, 7) is 4.15. The maximum Gasteiger partial charge on any atom is 0.259 e. The lowest BCUT2D eigenvalue weighted by molar-refractivity contribution is 0.273. The van der Waals surface area contributed by atoms with E-state index in [4.69, 9.17) is 0 Å². The quantitative estimate of drug-likeness (QED) is 0.729. The number of rotatable bonds is 5. The largest absolute Gasteiger partial charge is 0.396 e. The highest BCUT2D eigenvalue weighted by molar-refractivity contribution is 7.17. The Balaban J connectivity index is 1.52. The van der Waals surface area contributed by atoms with E-state index in [1.165, 1.54) is 17.4 Å². The highest BCUT2D eigenvalue weighted by Gasteiger charge is 2.41. The standard InChI is InChI=1S/C19H21FN4O2S/c1-9-16(20)17(11-3-4-11)22-23(9)7-13-6-15(26)24-18(14-5-12(14)8-25)10(2)27-19(24)21-13/h6,11-12,14,25H,3-5,7-8H2,1-2H3. The fourth-order valence-electron chi connectivity index (χ4n) is 3.91. The van der Waals surface area contributed by atoms with Crippen molar-refractivity contribution in [1.82, 2.24) is 19.2 Å². The summed E-state index contributed by atoms with van der Waals surface area (Å²) in [6, 6.07) is 1.52. The molecule has 2 saturated carbocycles. The molecule has 0 saturated heterocycles. The first-order chi connectivity index (χ1) is 13.0. The van der Waals surface area contributed by atoms with Crippen molar-refractivity contribution in [1.29, 1.82) is 0 Å². The van der Waals surface area contributed by atoms with Gasteiger partial charge in [-0.2, -0.15) is 5.10 Å². The molecule has 2 atom stereocenters. The van der Waals surface area contributed by atoms with Crippen molar-refractivity contribution >= 4 is 16.3 Å². The van der Waals surface area contributed by atoms with Gasteiger partial charge in [0, 0.05) is 35.1 Å². The van der Waals surface area contributed by atoms with Crippen LogP contribution in [0.3, 0.4) is 0 Å². The van der Waals surface area contributed by atoms with Gasteiger partial charge in [-0.05, 0) is 39.0 Å². The molecule has 3 aromatic rings. The average molecular weight is 388 g/mol. The SMILES string of the molecule is Cc1sc2nc(Cn3nc(C4CC4)c(F)c3C)cc(=O)n2c1C1CC1CO. The van der Waals surface area contributed by atoms with Gasteiger partial charge >= 0.3 is 0 Å². The van der Waals surface area contributed by atoms with E-state index < -0.39 is 0 Å². The van der Waals surface area contributed by atoms with Gasteiger partial charge in [0.15, 0.2) is 10.8 Å². The second-order valence-electron chi connectivity index (χ2n) is 7.75. The van der Waals surface area contributed by atoms with Crippen LogP contribution in [0.1, 0.15) is 58.8 Å². The molecule has 0 bridgehead atoms. The van der Waals surface area contributed by atoms with E-state index in [1.54, 1.807) is 16.0 Å². The monoisotopic (exact) mass is 388 g/mol. The lowest BCUT2D eigenvalue weighted by Crippen LogP contribution is -2.18. The molecule has 2 fully saturated rings. The Morgan fingerprint density at radius 1 is 1.37 bits per heavy atom. The molecule has 27 heavy (non-hydrogen) atoms. The molecule has 8 heteroatoms. The van der Waals surface area contributed by atoms with Crippen LogP contribution in [0.4, 0.5) is 4.39 Å². The molecule has 0 amide bonds. The number of halogens is 1. The summed E-state index contributed by atoms with van der Waals surface area (Å²) < 4.78 is 17.7. The Morgan fingerprint density at radius 2 is 2.15 bits per heavy atom. The zero-order chi connectivity index (χ0) is 18.9. The molecule has 142 valence electrons. The number of hydrogen-bond acceptors (Lipinski definition) is 5. The van der Waals surface area contributed by atoms with Crippen LogP contribution in [-0.4, -0.2) is 30.9 Å². The summed E-state index contributed by atoms with van der Waals surface area (Å²) in [5, 5.41) is 13.8. The molecule has 1 N–H and O–H groups in total. The van der Waals surface area contributed by atoms with E-state index >= 15 is 0 Å². The van der Waals surface area contributed by atoms with E-state index in [0.717, 1.165) is 29.8 Å². The maximum atomic E-state index is 14.4. The van der Waals surface area contributed by atoms with Crippen molar-refractivity contribution in [2.45, 2.75) is 51.5 Å². The molecular weight excluding hydrogens is 367 g/mol. The molecular formula is C19H21FN4O2S. The second-order valence-corrected chi connectivity index (χ2v) is 8.93. The van der Waals surface area contributed by atoms with E-state index in [9.17, 15) is 14.3 Å². The Hall–Kier alpha value is -2.06. The highest BCUT2D eigenvalue weighted by atomic mass is 32.1. The summed E-state index contributed by atoms with van der Waals surface area (Å²) in [4.78, 5) is 19.2. The molecule has 3 heterocycles. The maximum absolute atomic E-state index is 14.4. The zero-order valence-corrected chi connectivity index (χ0v) is 16.1. The number of thiazole rings is 1. The summed E-state index contributed by atoms with van der Waals surface area (Å²) >= 11 is 1.49. The van der Waals surface area contributed by atoms with Gasteiger partial charge in [-0.3, -0.25) is 13.9 Å². The number of aryl methyl sites for hydroxylation is 1. The second kappa shape index (κ2) is 5.97. The molecule has 0 radical (unpaired) electrons. The first-order valence-electron chi connectivity index (χ1n) is 9.33. The number of aromatic nitrogens is 4. The summed E-state index contributed by atoms with van der Waals surface area (Å²) in [5.74, 6) is 0.487. The summed E-state index contributed by atoms with van der Waals surface area (Å²) in [7, 11) is 0. The minimum atomic E-state index is -0.228. The molecule has 2 unspecified atom stereocenters. The van der Waals surface area contributed by atoms with Crippen molar-refractivity contribution in [2.75, 3.05) is 6.61 Å². The number of nitrogens with zero attached hydrogens (tertiary/aromatic N) is 4. The number of aliphatic hydroxyl groups excluding tert-OH is 1. The number of aliphatic hydroxyl groups is 1. The third-order valence-electron chi connectivity index (χ3n) is 5.73. The first-order valence-corrected chi connectivity index (χ1v) is 10.1. The van der Waals surface area contributed by atoms with Crippen LogP contribution in [-0.2, 0) is 6.54 Å². The third-order valence-corrected chi connectivity index (χ3v) is 6.70. The van der Waals surface area contributed by atoms with Crippen molar-refractivity contribution in [3.8, 4) is 0 Å². The van der Waals surface area contributed by atoms with Gasteiger partial charge in [-0.1, -0.05) is 0 Å². The molecule has 3 aromatic heterocycles. The lowest BCUT2D eigenvalue weighted by atomic mass is 10.2. The zero-order valence-electron chi connectivity index (χ0n) is 15.3. The molecule has 6 nitrogen and oxygen atoms in total. The van der Waals surface area contributed by atoms with Crippen LogP contribution in [0.15, 0.2) is 10.9 Å².